The van der Waals surface area contributed by atoms with Crippen molar-refractivity contribution in [1.82, 2.24) is 0 Å². The molecule has 0 unspecified atom stereocenters. The van der Waals surface area contributed by atoms with Crippen molar-refractivity contribution < 1.29 is 21.6 Å². The standard InChI is InChI=1S/C26H20Cl3N3O5S2/c27-18-9-11-20(12-10-18)31-38(34,35)21-15-13-19(14-16-21)30-25(33)17-32(24-8-4-7-23(28)26(24)29)39(36,37)22-5-2-1-3-6-22/h1-16,31H,17H2,(H,30,33). The Morgan fingerprint density at radius 3 is 1.95 bits per heavy atom. The summed E-state index contributed by atoms with van der Waals surface area (Å²) in [6.45, 7) is -0.630. The summed E-state index contributed by atoms with van der Waals surface area (Å²) in [5, 5.41) is 3.13. The van der Waals surface area contributed by atoms with E-state index in [0.717, 1.165) is 4.31 Å². The average Bonchev–Trinajstić information content (AvgIpc) is 2.91. The third kappa shape index (κ3) is 6.84. The number of halogens is 3. The lowest BCUT2D eigenvalue weighted by Gasteiger charge is -2.25. The third-order valence-corrected chi connectivity index (χ3v) is 9.60. The van der Waals surface area contributed by atoms with Gasteiger partial charge in [-0.25, -0.2) is 16.8 Å². The largest absolute Gasteiger partial charge is 0.325 e. The van der Waals surface area contributed by atoms with Crippen molar-refractivity contribution in [3.63, 3.8) is 0 Å². The fraction of sp³-hybridized carbons (Fsp3) is 0.0385. The second-order valence-corrected chi connectivity index (χ2v) is 12.8. The molecule has 0 saturated carbocycles. The summed E-state index contributed by atoms with van der Waals surface area (Å²) in [6, 6.07) is 23.6. The van der Waals surface area contributed by atoms with Gasteiger partial charge in [0.05, 0.1) is 25.5 Å². The summed E-state index contributed by atoms with van der Waals surface area (Å²) in [5.41, 5.74) is 0.605. The number of hydrogen-bond acceptors (Lipinski definition) is 5. The molecular formula is C26H20Cl3N3O5S2. The Hall–Kier alpha value is -3.28. The van der Waals surface area contributed by atoms with Crippen molar-refractivity contribution >= 4 is 77.8 Å². The smallest absolute Gasteiger partial charge is 0.264 e. The van der Waals surface area contributed by atoms with Gasteiger partial charge in [-0.05, 0) is 72.8 Å². The second kappa shape index (κ2) is 11.8. The van der Waals surface area contributed by atoms with E-state index in [-0.39, 0.29) is 31.2 Å². The van der Waals surface area contributed by atoms with E-state index in [1.807, 2.05) is 0 Å². The van der Waals surface area contributed by atoms with Crippen molar-refractivity contribution in [3.05, 3.63) is 112 Å². The Bertz CT molecular complexity index is 1700. The lowest BCUT2D eigenvalue weighted by atomic mass is 10.3. The fourth-order valence-electron chi connectivity index (χ4n) is 3.48. The predicted octanol–water partition coefficient (Wildman–Crippen LogP) is 6.28. The van der Waals surface area contributed by atoms with Crippen molar-refractivity contribution in [1.29, 1.82) is 0 Å². The molecule has 8 nitrogen and oxygen atoms in total. The van der Waals surface area contributed by atoms with E-state index >= 15 is 0 Å². The number of carbonyl (C=O) groups is 1. The summed E-state index contributed by atoms with van der Waals surface area (Å²) >= 11 is 18.3. The van der Waals surface area contributed by atoms with Gasteiger partial charge < -0.3 is 5.32 Å². The molecule has 4 aromatic carbocycles. The Morgan fingerprint density at radius 1 is 0.692 bits per heavy atom. The molecule has 1 amide bonds. The highest BCUT2D eigenvalue weighted by molar-refractivity contribution is 7.93. The number of nitrogens with zero attached hydrogens (tertiary/aromatic N) is 1. The predicted molar refractivity (Wildman–Crippen MR) is 155 cm³/mol. The fourth-order valence-corrected chi connectivity index (χ4v) is 6.57. The maximum Gasteiger partial charge on any atom is 0.264 e. The molecule has 0 aromatic heterocycles. The van der Waals surface area contributed by atoms with Crippen LogP contribution in [0.3, 0.4) is 0 Å². The van der Waals surface area contributed by atoms with E-state index < -0.39 is 32.5 Å². The Morgan fingerprint density at radius 2 is 1.31 bits per heavy atom. The molecule has 4 rings (SSSR count). The van der Waals surface area contributed by atoms with Crippen LogP contribution in [0, 0.1) is 0 Å². The number of carbonyl (C=O) groups excluding carboxylic acids is 1. The number of rotatable bonds is 9. The number of amides is 1. The molecule has 0 spiro atoms. The number of nitrogens with one attached hydrogen (secondary N) is 2. The monoisotopic (exact) mass is 623 g/mol. The molecular weight excluding hydrogens is 605 g/mol. The van der Waals surface area contributed by atoms with Gasteiger partial charge in [0, 0.05) is 16.4 Å². The molecule has 0 aliphatic heterocycles. The van der Waals surface area contributed by atoms with Crippen LogP contribution in [-0.4, -0.2) is 29.3 Å². The van der Waals surface area contributed by atoms with Gasteiger partial charge in [-0.2, -0.15) is 0 Å². The van der Waals surface area contributed by atoms with Crippen LogP contribution in [0.25, 0.3) is 0 Å². The summed E-state index contributed by atoms with van der Waals surface area (Å²) in [5.74, 6) is -0.694. The number of hydrogen-bond donors (Lipinski definition) is 2. The zero-order chi connectivity index (χ0) is 28.2. The van der Waals surface area contributed by atoms with Crippen molar-refractivity contribution in [2.24, 2.45) is 0 Å². The van der Waals surface area contributed by atoms with Crippen molar-refractivity contribution in [2.45, 2.75) is 9.79 Å². The van der Waals surface area contributed by atoms with Gasteiger partial charge in [0.25, 0.3) is 20.0 Å². The number of benzene rings is 4. The molecule has 2 N–H and O–H groups in total. The Balaban J connectivity index is 1.55. The van der Waals surface area contributed by atoms with Crippen LogP contribution in [0.15, 0.2) is 107 Å². The minimum atomic E-state index is -4.21. The molecule has 0 bridgehead atoms. The van der Waals surface area contributed by atoms with Crippen LogP contribution in [0.1, 0.15) is 0 Å². The van der Waals surface area contributed by atoms with Gasteiger partial charge in [-0.1, -0.05) is 59.1 Å². The molecule has 202 valence electrons. The first-order chi connectivity index (χ1) is 18.5. The first kappa shape index (κ1) is 28.7. The van der Waals surface area contributed by atoms with E-state index in [2.05, 4.69) is 10.0 Å². The van der Waals surface area contributed by atoms with E-state index in [9.17, 15) is 21.6 Å². The number of anilines is 3. The Kier molecular flexibility index (Phi) is 8.73. The second-order valence-electron chi connectivity index (χ2n) is 8.08. The molecule has 0 aliphatic rings. The summed E-state index contributed by atoms with van der Waals surface area (Å²) in [6.07, 6.45) is 0. The van der Waals surface area contributed by atoms with Crippen LogP contribution in [0.4, 0.5) is 17.1 Å². The zero-order valence-corrected chi connectivity index (χ0v) is 23.8. The van der Waals surface area contributed by atoms with Gasteiger partial charge in [0.2, 0.25) is 5.91 Å². The molecule has 0 atom stereocenters. The molecule has 39 heavy (non-hydrogen) atoms. The highest BCUT2D eigenvalue weighted by Gasteiger charge is 2.29. The normalized spacial score (nSPS) is 11.6. The van der Waals surface area contributed by atoms with Gasteiger partial charge in [0.1, 0.15) is 6.54 Å². The average molecular weight is 625 g/mol. The van der Waals surface area contributed by atoms with Gasteiger partial charge in [0.15, 0.2) is 0 Å². The van der Waals surface area contributed by atoms with E-state index in [0.29, 0.717) is 10.7 Å². The topological polar surface area (TPSA) is 113 Å². The summed E-state index contributed by atoms with van der Waals surface area (Å²) < 4.78 is 55.6. The van der Waals surface area contributed by atoms with Crippen LogP contribution in [-0.2, 0) is 24.8 Å². The Labute approximate surface area is 241 Å². The third-order valence-electron chi connectivity index (χ3n) is 5.36. The van der Waals surface area contributed by atoms with Crippen LogP contribution >= 0.6 is 34.8 Å². The van der Waals surface area contributed by atoms with Gasteiger partial charge >= 0.3 is 0 Å². The maximum atomic E-state index is 13.5. The van der Waals surface area contributed by atoms with E-state index in [1.165, 1.54) is 66.7 Å². The van der Waals surface area contributed by atoms with Crippen molar-refractivity contribution in [3.8, 4) is 0 Å². The minimum Gasteiger partial charge on any atom is -0.325 e. The molecule has 0 aliphatic carbocycles. The molecule has 0 fully saturated rings. The highest BCUT2D eigenvalue weighted by atomic mass is 35.5. The van der Waals surface area contributed by atoms with Gasteiger partial charge in [-0.15, -0.1) is 0 Å². The SMILES string of the molecule is O=C(CN(c1cccc(Cl)c1Cl)S(=O)(=O)c1ccccc1)Nc1ccc(S(=O)(=O)Nc2ccc(Cl)cc2)cc1. The minimum absolute atomic E-state index is 0.0258. The molecule has 0 heterocycles. The van der Waals surface area contributed by atoms with Crippen molar-refractivity contribution in [2.75, 3.05) is 20.9 Å². The van der Waals surface area contributed by atoms with Crippen LogP contribution in [0.2, 0.25) is 15.1 Å². The molecule has 0 radical (unpaired) electrons. The summed E-state index contributed by atoms with van der Waals surface area (Å²) in [4.78, 5) is 12.9. The number of sulfonamides is 2. The summed E-state index contributed by atoms with van der Waals surface area (Å²) in [7, 11) is -8.11. The first-order valence-corrected chi connectivity index (χ1v) is 15.2. The molecule has 13 heteroatoms. The molecule has 0 saturated heterocycles. The quantitative estimate of drug-likeness (QED) is 0.228. The lowest BCUT2D eigenvalue weighted by Crippen LogP contribution is -2.38. The highest BCUT2D eigenvalue weighted by Crippen LogP contribution is 2.35. The van der Waals surface area contributed by atoms with Crippen LogP contribution < -0.4 is 14.3 Å². The van der Waals surface area contributed by atoms with E-state index in [4.69, 9.17) is 34.8 Å². The zero-order valence-electron chi connectivity index (χ0n) is 19.9. The van der Waals surface area contributed by atoms with Crippen LogP contribution in [0.5, 0.6) is 0 Å². The molecule has 4 aromatic rings. The van der Waals surface area contributed by atoms with E-state index in [1.54, 1.807) is 30.3 Å². The van der Waals surface area contributed by atoms with Gasteiger partial charge in [-0.3, -0.25) is 13.8 Å². The maximum absolute atomic E-state index is 13.5. The lowest BCUT2D eigenvalue weighted by molar-refractivity contribution is -0.114. The first-order valence-electron chi connectivity index (χ1n) is 11.2.